The van der Waals surface area contributed by atoms with Gasteiger partial charge in [0.2, 0.25) is 0 Å². The monoisotopic (exact) mass is 307 g/mol. The Kier molecular flexibility index (Phi) is 5.22. The topological polar surface area (TPSA) is 54.3 Å². The molecule has 1 aliphatic heterocycles. The van der Waals surface area contributed by atoms with Gasteiger partial charge in [-0.3, -0.25) is 4.79 Å². The van der Waals surface area contributed by atoms with Crippen molar-refractivity contribution in [3.8, 4) is 0 Å². The maximum atomic E-state index is 11.8. The number of hydrogen-bond donors (Lipinski definition) is 0. The van der Waals surface area contributed by atoms with Crippen LogP contribution in [0.25, 0.3) is 0 Å². The zero-order valence-electron chi connectivity index (χ0n) is 12.9. The van der Waals surface area contributed by atoms with Crippen LogP contribution < -0.4 is 0 Å². The molecular weight excluding hydrogens is 286 g/mol. The molecule has 2 atom stereocenters. The summed E-state index contributed by atoms with van der Waals surface area (Å²) in [6.45, 7) is 4.26. The number of thioether (sulfide) groups is 1. The smallest absolute Gasteiger partial charge is 0.313 e. The number of carbonyl (C=O) groups is 1. The lowest BCUT2D eigenvalue weighted by atomic mass is 9.86. The van der Waals surface area contributed by atoms with E-state index < -0.39 is 0 Å². The lowest BCUT2D eigenvalue weighted by Crippen LogP contribution is -2.26. The van der Waals surface area contributed by atoms with Crippen molar-refractivity contribution < 1.29 is 9.53 Å². The van der Waals surface area contributed by atoms with E-state index in [2.05, 4.69) is 16.3 Å². The molecule has 0 spiro atoms. The van der Waals surface area contributed by atoms with Crippen molar-refractivity contribution in [3.63, 3.8) is 0 Å². The molecule has 0 radical (unpaired) electrons. The Hall–Kier alpha value is -1.56. The van der Waals surface area contributed by atoms with Crippen molar-refractivity contribution in [2.45, 2.75) is 13.8 Å². The third-order valence-corrected chi connectivity index (χ3v) is 4.48. The Morgan fingerprint density at radius 2 is 2.24 bits per heavy atom. The van der Waals surface area contributed by atoms with Crippen LogP contribution in [0.15, 0.2) is 34.0 Å². The van der Waals surface area contributed by atoms with Crippen LogP contribution in [0, 0.1) is 11.8 Å². The molecule has 0 amide bonds. The molecule has 2 rings (SSSR count). The van der Waals surface area contributed by atoms with E-state index in [-0.39, 0.29) is 17.8 Å². The Balaban J connectivity index is 2.09. The minimum atomic E-state index is -0.202. The highest BCUT2D eigenvalue weighted by molar-refractivity contribution is 8.14. The molecule has 114 valence electrons. The first-order valence-corrected chi connectivity index (χ1v) is 8.03. The fraction of sp³-hybridized carbons (Fsp3) is 0.533. The van der Waals surface area contributed by atoms with Crippen molar-refractivity contribution in [3.05, 3.63) is 23.8 Å². The molecule has 0 bridgehead atoms. The first-order valence-electron chi connectivity index (χ1n) is 7.04. The highest BCUT2D eigenvalue weighted by Crippen LogP contribution is 2.27. The van der Waals surface area contributed by atoms with Crippen LogP contribution in [0.5, 0.6) is 0 Å². The third kappa shape index (κ3) is 3.75. The van der Waals surface area contributed by atoms with Crippen LogP contribution in [-0.4, -0.2) is 48.2 Å². The predicted molar refractivity (Wildman–Crippen MR) is 87.5 cm³/mol. The molecule has 0 N–H and O–H groups in total. The number of allylic oxidation sites excluding steroid dienone is 3. The molecule has 0 aromatic carbocycles. The van der Waals surface area contributed by atoms with Gasteiger partial charge < -0.3 is 9.64 Å². The zero-order valence-corrected chi connectivity index (χ0v) is 13.7. The molecule has 2 aliphatic rings. The van der Waals surface area contributed by atoms with Gasteiger partial charge in [-0.1, -0.05) is 36.9 Å². The summed E-state index contributed by atoms with van der Waals surface area (Å²) in [6, 6.07) is 0. The van der Waals surface area contributed by atoms with E-state index in [9.17, 15) is 4.79 Å². The number of hydrogen-bond acceptors (Lipinski definition) is 6. The van der Waals surface area contributed by atoms with Crippen LogP contribution in [-0.2, 0) is 9.53 Å². The summed E-state index contributed by atoms with van der Waals surface area (Å²) in [6.07, 6.45) is 5.95. The van der Waals surface area contributed by atoms with E-state index in [1.54, 1.807) is 11.8 Å². The van der Waals surface area contributed by atoms with Gasteiger partial charge in [-0.2, -0.15) is 5.10 Å². The third-order valence-electron chi connectivity index (χ3n) is 3.36. The normalized spacial score (nSPS) is 24.9. The molecule has 0 aromatic rings. The predicted octanol–water partition coefficient (Wildman–Crippen LogP) is 2.32. The molecule has 1 aliphatic carbocycles. The van der Waals surface area contributed by atoms with E-state index in [0.29, 0.717) is 6.61 Å². The standard InChI is InChI=1S/C15H21N3O2S/c1-5-20-14(19)12-7-6-11(8-10(12)2)13-9-21-15(17-16-13)18(3)4/h6-8,10,12H,5,9H2,1-4H3. The van der Waals surface area contributed by atoms with Gasteiger partial charge in [0.1, 0.15) is 0 Å². The molecule has 0 aromatic heterocycles. The van der Waals surface area contributed by atoms with Gasteiger partial charge in [0.15, 0.2) is 5.17 Å². The van der Waals surface area contributed by atoms with Gasteiger partial charge in [0.25, 0.3) is 0 Å². The number of carbonyl (C=O) groups excluding carboxylic acids is 1. The summed E-state index contributed by atoms with van der Waals surface area (Å²) in [5.41, 5.74) is 2.01. The van der Waals surface area contributed by atoms with E-state index >= 15 is 0 Å². The van der Waals surface area contributed by atoms with E-state index in [4.69, 9.17) is 4.74 Å². The Bertz CT molecular complexity index is 535. The summed E-state index contributed by atoms with van der Waals surface area (Å²) < 4.78 is 5.09. The summed E-state index contributed by atoms with van der Waals surface area (Å²) in [5.74, 6) is 0.538. The lowest BCUT2D eigenvalue weighted by molar-refractivity contribution is -0.147. The SMILES string of the molecule is CCOC(=O)C1C=CC(C2=NN=C(N(C)C)SC2)=CC1C. The fourth-order valence-corrected chi connectivity index (χ4v) is 3.05. The largest absolute Gasteiger partial charge is 0.466 e. The Labute approximate surface area is 129 Å². The lowest BCUT2D eigenvalue weighted by Gasteiger charge is -2.23. The number of ether oxygens (including phenoxy) is 1. The average Bonchev–Trinajstić information content (AvgIpc) is 2.47. The molecule has 6 heteroatoms. The average molecular weight is 307 g/mol. The zero-order chi connectivity index (χ0) is 15.4. The summed E-state index contributed by atoms with van der Waals surface area (Å²) in [5, 5.41) is 9.44. The van der Waals surface area contributed by atoms with Gasteiger partial charge in [-0.25, -0.2) is 0 Å². The van der Waals surface area contributed by atoms with E-state index in [0.717, 1.165) is 22.2 Å². The first-order chi connectivity index (χ1) is 10.0. The number of esters is 1. The highest BCUT2D eigenvalue weighted by Gasteiger charge is 2.27. The quantitative estimate of drug-likeness (QED) is 0.751. The van der Waals surface area contributed by atoms with E-state index in [1.165, 1.54) is 0 Å². The summed E-state index contributed by atoms with van der Waals surface area (Å²) in [7, 11) is 3.91. The van der Waals surface area contributed by atoms with Crippen molar-refractivity contribution in [1.29, 1.82) is 0 Å². The minimum Gasteiger partial charge on any atom is -0.466 e. The van der Waals surface area contributed by atoms with E-state index in [1.807, 2.05) is 45.0 Å². The molecule has 0 fully saturated rings. The van der Waals surface area contributed by atoms with Crippen molar-refractivity contribution in [1.82, 2.24) is 4.90 Å². The van der Waals surface area contributed by atoms with Gasteiger partial charge in [-0.05, 0) is 18.4 Å². The summed E-state index contributed by atoms with van der Waals surface area (Å²) in [4.78, 5) is 13.8. The second-order valence-electron chi connectivity index (χ2n) is 5.23. The van der Waals surface area contributed by atoms with Gasteiger partial charge in [0.05, 0.1) is 18.2 Å². The van der Waals surface area contributed by atoms with Crippen LogP contribution in [0.3, 0.4) is 0 Å². The highest BCUT2D eigenvalue weighted by atomic mass is 32.2. The molecule has 1 heterocycles. The number of amidine groups is 1. The van der Waals surface area contributed by atoms with Crippen molar-refractivity contribution in [2.75, 3.05) is 26.5 Å². The van der Waals surface area contributed by atoms with Gasteiger partial charge in [0, 0.05) is 19.8 Å². The molecule has 21 heavy (non-hydrogen) atoms. The van der Waals surface area contributed by atoms with Crippen LogP contribution in [0.2, 0.25) is 0 Å². The molecule has 0 saturated carbocycles. The van der Waals surface area contributed by atoms with Crippen LogP contribution >= 0.6 is 11.8 Å². The minimum absolute atomic E-state index is 0.107. The number of rotatable bonds is 3. The maximum Gasteiger partial charge on any atom is 0.313 e. The molecule has 0 saturated heterocycles. The summed E-state index contributed by atoms with van der Waals surface area (Å²) >= 11 is 1.67. The number of nitrogens with zero attached hydrogens (tertiary/aromatic N) is 3. The van der Waals surface area contributed by atoms with Crippen LogP contribution in [0.1, 0.15) is 13.8 Å². The van der Waals surface area contributed by atoms with Gasteiger partial charge in [-0.15, -0.1) is 5.10 Å². The second-order valence-corrected chi connectivity index (χ2v) is 6.17. The second kappa shape index (κ2) is 6.93. The Morgan fingerprint density at radius 1 is 1.48 bits per heavy atom. The Morgan fingerprint density at radius 3 is 2.76 bits per heavy atom. The van der Waals surface area contributed by atoms with Crippen molar-refractivity contribution >= 4 is 28.6 Å². The fourth-order valence-electron chi connectivity index (χ4n) is 2.20. The van der Waals surface area contributed by atoms with Crippen molar-refractivity contribution in [2.24, 2.45) is 22.0 Å². The van der Waals surface area contributed by atoms with Crippen LogP contribution in [0.4, 0.5) is 0 Å². The molecular formula is C15H21N3O2S. The molecule has 5 nitrogen and oxygen atoms in total. The molecule has 2 unspecified atom stereocenters. The first kappa shape index (κ1) is 15.8. The van der Waals surface area contributed by atoms with Gasteiger partial charge >= 0.3 is 5.97 Å². The maximum absolute atomic E-state index is 11.8.